The maximum atomic E-state index is 5.36. The highest BCUT2D eigenvalue weighted by Crippen LogP contribution is 2.31. The number of unbranched alkanes of at least 4 members (excludes halogenated alkanes) is 5. The third-order valence-corrected chi connectivity index (χ3v) is 3.44. The molecule has 0 heterocycles. The van der Waals surface area contributed by atoms with Crippen molar-refractivity contribution in [2.45, 2.75) is 70.8 Å². The van der Waals surface area contributed by atoms with E-state index in [1.165, 1.54) is 57.8 Å². The van der Waals surface area contributed by atoms with Gasteiger partial charge in [-0.1, -0.05) is 51.9 Å². The largest absolute Gasteiger partial charge is 0.364 e. The molecular weight excluding hydrogens is 169 g/mol. The van der Waals surface area contributed by atoms with Crippen LogP contribution in [0.1, 0.15) is 64.7 Å². The predicted octanol–water partition coefficient (Wildman–Crippen LogP) is 3.19. The summed E-state index contributed by atoms with van der Waals surface area (Å²) in [7, 11) is 5.36. The quantitative estimate of drug-likeness (QED) is 0.461. The van der Waals surface area contributed by atoms with Crippen molar-refractivity contribution in [3.8, 4) is 0 Å². The second kappa shape index (κ2) is 7.33. The Morgan fingerprint density at radius 1 is 1.07 bits per heavy atom. The number of hydrogen-bond donors (Lipinski definition) is 1. The minimum absolute atomic E-state index is 0.625. The maximum absolute atomic E-state index is 5.36. The van der Waals surface area contributed by atoms with Crippen molar-refractivity contribution in [3.05, 3.63) is 0 Å². The van der Waals surface area contributed by atoms with Crippen LogP contribution in [0.25, 0.3) is 0 Å². The molecule has 1 fully saturated rings. The molecule has 0 aromatic heterocycles. The third kappa shape index (κ3) is 4.50. The van der Waals surface area contributed by atoms with Crippen LogP contribution in [0.15, 0.2) is 0 Å². The molecule has 1 rings (SSSR count). The van der Waals surface area contributed by atoms with Crippen LogP contribution in [-0.4, -0.2) is 14.0 Å². The summed E-state index contributed by atoms with van der Waals surface area (Å²) in [5, 5.41) is 2.85. The lowest BCUT2D eigenvalue weighted by molar-refractivity contribution is 0.229. The van der Waals surface area contributed by atoms with Gasteiger partial charge in [-0.25, -0.2) is 0 Å². The van der Waals surface area contributed by atoms with E-state index < -0.39 is 0 Å². The van der Waals surface area contributed by atoms with Gasteiger partial charge in [0.05, 0.1) is 0 Å². The average molecular weight is 193 g/mol. The molecule has 0 saturated heterocycles. The second-order valence-corrected chi connectivity index (χ2v) is 4.76. The zero-order chi connectivity index (χ0) is 10.2. The molecule has 2 heteroatoms. The Hall–Kier alpha value is 0.0249. The molecule has 0 amide bonds. The summed E-state index contributed by atoms with van der Waals surface area (Å²) in [6.07, 6.45) is 12.6. The third-order valence-electron chi connectivity index (χ3n) is 3.44. The topological polar surface area (TPSA) is 12.0 Å². The molecule has 1 N–H and O–H groups in total. The molecule has 0 spiro atoms. The van der Waals surface area contributed by atoms with Gasteiger partial charge >= 0.3 is 0 Å². The lowest BCUT2D eigenvalue weighted by Gasteiger charge is -2.35. The van der Waals surface area contributed by atoms with Crippen molar-refractivity contribution in [2.75, 3.05) is 0 Å². The molecule has 0 aliphatic heterocycles. The van der Waals surface area contributed by atoms with Crippen molar-refractivity contribution in [1.82, 2.24) is 5.23 Å². The molecule has 1 aliphatic carbocycles. The fourth-order valence-electron chi connectivity index (χ4n) is 2.32. The molecule has 0 atom stereocenters. The smallest absolute Gasteiger partial charge is 0.178 e. The zero-order valence-electron chi connectivity index (χ0n) is 9.60. The summed E-state index contributed by atoms with van der Waals surface area (Å²) >= 11 is 0. The number of nitrogens with one attached hydrogen (secondary N) is 1. The van der Waals surface area contributed by atoms with Gasteiger partial charge in [-0.15, -0.1) is 0 Å². The molecule has 0 bridgehead atoms. The Kier molecular flexibility index (Phi) is 6.34. The highest BCUT2D eigenvalue weighted by atomic mass is 14.8. The van der Waals surface area contributed by atoms with E-state index in [0.717, 1.165) is 5.92 Å². The lowest BCUT2D eigenvalue weighted by Crippen LogP contribution is -2.39. The van der Waals surface area contributed by atoms with Crippen molar-refractivity contribution in [1.29, 1.82) is 0 Å². The van der Waals surface area contributed by atoms with E-state index in [9.17, 15) is 0 Å². The molecule has 1 nitrogen and oxygen atoms in total. The van der Waals surface area contributed by atoms with Gasteiger partial charge in [-0.2, -0.15) is 0 Å². The van der Waals surface area contributed by atoms with Gasteiger partial charge in [-0.05, 0) is 24.8 Å². The molecule has 14 heavy (non-hydrogen) atoms. The highest BCUT2D eigenvalue weighted by Gasteiger charge is 2.26. The Bertz CT molecular complexity index is 132. The summed E-state index contributed by atoms with van der Waals surface area (Å²) in [4.78, 5) is 0. The van der Waals surface area contributed by atoms with Gasteiger partial charge in [0.15, 0.2) is 7.98 Å². The maximum Gasteiger partial charge on any atom is 0.178 e. The summed E-state index contributed by atoms with van der Waals surface area (Å²) < 4.78 is 0. The second-order valence-electron chi connectivity index (χ2n) is 4.76. The van der Waals surface area contributed by atoms with E-state index in [-0.39, 0.29) is 0 Å². The normalized spacial score (nSPS) is 26.1. The molecule has 0 aromatic rings. The molecule has 0 unspecified atom stereocenters. The molecule has 1 saturated carbocycles. The molecule has 1 aliphatic rings. The van der Waals surface area contributed by atoms with Gasteiger partial charge in [-0.3, -0.25) is 0 Å². The summed E-state index contributed by atoms with van der Waals surface area (Å²) in [5.74, 6) is 0.974. The highest BCUT2D eigenvalue weighted by molar-refractivity contribution is 6.04. The van der Waals surface area contributed by atoms with Crippen molar-refractivity contribution in [3.63, 3.8) is 0 Å². The Balaban J connectivity index is 1.77. The van der Waals surface area contributed by atoms with Gasteiger partial charge < -0.3 is 5.23 Å². The fraction of sp³-hybridized carbons (Fsp3) is 1.00. The SMILES string of the molecule is [B]NC1CC(CCCCCCCC)C1. The average Bonchev–Trinajstić information content (AvgIpc) is 2.14. The minimum atomic E-state index is 0.625. The van der Waals surface area contributed by atoms with Crippen molar-refractivity contribution < 1.29 is 0 Å². The van der Waals surface area contributed by atoms with Crippen LogP contribution in [0.4, 0.5) is 0 Å². The number of hydrogen-bond acceptors (Lipinski definition) is 1. The molecular formula is C12H24BN. The van der Waals surface area contributed by atoms with E-state index in [2.05, 4.69) is 12.2 Å². The summed E-state index contributed by atoms with van der Waals surface area (Å²) in [6, 6.07) is 0.625. The van der Waals surface area contributed by atoms with E-state index in [4.69, 9.17) is 7.98 Å². The van der Waals surface area contributed by atoms with Crippen LogP contribution in [0, 0.1) is 5.92 Å². The molecule has 0 aromatic carbocycles. The van der Waals surface area contributed by atoms with Gasteiger partial charge in [0.1, 0.15) is 0 Å². The van der Waals surface area contributed by atoms with Crippen molar-refractivity contribution in [2.24, 2.45) is 5.92 Å². The van der Waals surface area contributed by atoms with Gasteiger partial charge in [0, 0.05) is 0 Å². The van der Waals surface area contributed by atoms with E-state index in [0.29, 0.717) is 6.04 Å². The standard InChI is InChI=1S/C12H24BN/c1-2-3-4-5-6-7-8-11-9-12(10-11)14-13/h11-12,14H,2-10H2,1H3. The first-order valence-corrected chi connectivity index (χ1v) is 6.33. The van der Waals surface area contributed by atoms with Crippen LogP contribution < -0.4 is 5.23 Å². The Morgan fingerprint density at radius 2 is 1.71 bits per heavy atom. The van der Waals surface area contributed by atoms with Gasteiger partial charge in [0.25, 0.3) is 0 Å². The zero-order valence-corrected chi connectivity index (χ0v) is 9.60. The first kappa shape index (κ1) is 12.1. The lowest BCUT2D eigenvalue weighted by atomic mass is 9.76. The summed E-state index contributed by atoms with van der Waals surface area (Å²) in [6.45, 7) is 2.27. The van der Waals surface area contributed by atoms with Crippen LogP contribution in [0.3, 0.4) is 0 Å². The predicted molar refractivity (Wildman–Crippen MR) is 63.4 cm³/mol. The van der Waals surface area contributed by atoms with Gasteiger partial charge in [0.2, 0.25) is 0 Å². The Labute approximate surface area is 90.5 Å². The first-order valence-electron chi connectivity index (χ1n) is 6.33. The van der Waals surface area contributed by atoms with E-state index in [1.807, 2.05) is 0 Å². The van der Waals surface area contributed by atoms with Crippen LogP contribution in [0.2, 0.25) is 0 Å². The first-order chi connectivity index (χ1) is 6.86. The molecule has 80 valence electrons. The fourth-order valence-corrected chi connectivity index (χ4v) is 2.32. The van der Waals surface area contributed by atoms with Crippen LogP contribution in [-0.2, 0) is 0 Å². The van der Waals surface area contributed by atoms with E-state index >= 15 is 0 Å². The van der Waals surface area contributed by atoms with Crippen LogP contribution in [0.5, 0.6) is 0 Å². The molecule has 2 radical (unpaired) electrons. The summed E-state index contributed by atoms with van der Waals surface area (Å²) in [5.41, 5.74) is 0. The minimum Gasteiger partial charge on any atom is -0.364 e. The van der Waals surface area contributed by atoms with Crippen molar-refractivity contribution >= 4 is 7.98 Å². The van der Waals surface area contributed by atoms with Crippen LogP contribution >= 0.6 is 0 Å². The van der Waals surface area contributed by atoms with E-state index in [1.54, 1.807) is 0 Å². The number of rotatable bonds is 8. The Morgan fingerprint density at radius 3 is 2.36 bits per heavy atom. The monoisotopic (exact) mass is 193 g/mol.